The van der Waals surface area contributed by atoms with E-state index in [1.54, 1.807) is 42.9 Å². The number of urea groups is 1. The van der Waals surface area contributed by atoms with Crippen LogP contribution in [0.2, 0.25) is 0 Å². The largest absolute Gasteiger partial charge is 0.334 e. The van der Waals surface area contributed by atoms with Gasteiger partial charge < -0.3 is 10.6 Å². The predicted octanol–water partition coefficient (Wildman–Crippen LogP) is 1.99. The molecule has 0 fully saturated rings. The smallest absolute Gasteiger partial charge is 0.319 e. The maximum absolute atomic E-state index is 12.0. The van der Waals surface area contributed by atoms with Gasteiger partial charge in [-0.05, 0) is 23.8 Å². The number of hydrogen-bond donors (Lipinski definition) is 2. The summed E-state index contributed by atoms with van der Waals surface area (Å²) in [4.78, 5) is 16.1. The number of sulfone groups is 1. The lowest BCUT2D eigenvalue weighted by molar-refractivity contribution is 0.251. The van der Waals surface area contributed by atoms with E-state index in [-0.39, 0.29) is 4.90 Å². The van der Waals surface area contributed by atoms with E-state index in [9.17, 15) is 13.2 Å². The van der Waals surface area contributed by atoms with Gasteiger partial charge in [0.15, 0.2) is 9.84 Å². The van der Waals surface area contributed by atoms with Crippen molar-refractivity contribution in [3.8, 4) is 5.69 Å². The highest BCUT2D eigenvalue weighted by atomic mass is 32.2. The SMILES string of the molecule is CS(=O)(=O)c1ccccc1-n1cc(NC(=O)NCc2cccnc2)cn1. The van der Waals surface area contributed by atoms with Gasteiger partial charge in [-0.3, -0.25) is 4.98 Å². The van der Waals surface area contributed by atoms with Crippen molar-refractivity contribution in [3.63, 3.8) is 0 Å². The van der Waals surface area contributed by atoms with Crippen LogP contribution in [0.4, 0.5) is 10.5 Å². The van der Waals surface area contributed by atoms with Crippen molar-refractivity contribution in [2.75, 3.05) is 11.6 Å². The summed E-state index contributed by atoms with van der Waals surface area (Å²) >= 11 is 0. The summed E-state index contributed by atoms with van der Waals surface area (Å²) in [5.74, 6) is 0. The van der Waals surface area contributed by atoms with Crippen molar-refractivity contribution in [1.29, 1.82) is 0 Å². The molecule has 0 aliphatic heterocycles. The van der Waals surface area contributed by atoms with Crippen LogP contribution in [0.3, 0.4) is 0 Å². The van der Waals surface area contributed by atoms with Gasteiger partial charge in [-0.1, -0.05) is 18.2 Å². The summed E-state index contributed by atoms with van der Waals surface area (Å²) in [6.07, 6.45) is 7.46. The van der Waals surface area contributed by atoms with Crippen LogP contribution in [0.25, 0.3) is 5.69 Å². The molecule has 2 aromatic heterocycles. The van der Waals surface area contributed by atoms with Crippen molar-refractivity contribution < 1.29 is 13.2 Å². The van der Waals surface area contributed by atoms with Crippen LogP contribution in [-0.2, 0) is 16.4 Å². The number of anilines is 1. The van der Waals surface area contributed by atoms with E-state index in [2.05, 4.69) is 20.7 Å². The summed E-state index contributed by atoms with van der Waals surface area (Å²) in [5, 5.41) is 9.50. The maximum Gasteiger partial charge on any atom is 0.319 e. The molecule has 0 saturated heterocycles. The number of rotatable bonds is 5. The number of para-hydroxylation sites is 1. The molecular formula is C17H17N5O3S. The third-order valence-electron chi connectivity index (χ3n) is 3.53. The fourth-order valence-electron chi connectivity index (χ4n) is 2.34. The Labute approximate surface area is 150 Å². The van der Waals surface area contributed by atoms with E-state index in [4.69, 9.17) is 0 Å². The standard InChI is InChI=1S/C17H17N5O3S/c1-26(24,25)16-7-3-2-6-15(16)22-12-14(11-20-22)21-17(23)19-10-13-5-4-8-18-9-13/h2-9,11-12H,10H2,1H3,(H2,19,21,23). The summed E-state index contributed by atoms with van der Waals surface area (Å²) in [6.45, 7) is 0.338. The number of nitrogens with one attached hydrogen (secondary N) is 2. The van der Waals surface area contributed by atoms with Crippen molar-refractivity contribution in [2.45, 2.75) is 11.4 Å². The Morgan fingerprint density at radius 3 is 2.69 bits per heavy atom. The molecule has 0 spiro atoms. The topological polar surface area (TPSA) is 106 Å². The number of benzene rings is 1. The fraction of sp³-hybridized carbons (Fsp3) is 0.118. The number of carbonyl (C=O) groups excluding carboxylic acids is 1. The highest BCUT2D eigenvalue weighted by Crippen LogP contribution is 2.20. The van der Waals surface area contributed by atoms with Crippen molar-refractivity contribution in [1.82, 2.24) is 20.1 Å². The molecule has 0 aliphatic rings. The third kappa shape index (κ3) is 4.25. The number of carbonyl (C=O) groups is 1. The minimum atomic E-state index is -3.40. The van der Waals surface area contributed by atoms with Gasteiger partial charge in [0.1, 0.15) is 0 Å². The highest BCUT2D eigenvalue weighted by Gasteiger charge is 2.15. The van der Waals surface area contributed by atoms with Gasteiger partial charge >= 0.3 is 6.03 Å². The fourth-order valence-corrected chi connectivity index (χ4v) is 3.21. The van der Waals surface area contributed by atoms with Crippen LogP contribution in [0.1, 0.15) is 5.56 Å². The normalized spacial score (nSPS) is 11.1. The Balaban J connectivity index is 1.70. The van der Waals surface area contributed by atoms with Crippen LogP contribution in [0.15, 0.2) is 66.1 Å². The molecule has 0 radical (unpaired) electrons. The Kier molecular flexibility index (Phi) is 4.99. The Bertz CT molecular complexity index is 1020. The molecule has 26 heavy (non-hydrogen) atoms. The summed E-state index contributed by atoms with van der Waals surface area (Å²) in [6, 6.07) is 9.78. The molecule has 9 heteroatoms. The third-order valence-corrected chi connectivity index (χ3v) is 4.67. The zero-order valence-corrected chi connectivity index (χ0v) is 14.8. The zero-order chi connectivity index (χ0) is 18.6. The van der Waals surface area contributed by atoms with Crippen LogP contribution in [0, 0.1) is 0 Å². The first-order valence-electron chi connectivity index (χ1n) is 7.71. The van der Waals surface area contributed by atoms with Crippen molar-refractivity contribution >= 4 is 21.6 Å². The first kappa shape index (κ1) is 17.6. The van der Waals surface area contributed by atoms with E-state index in [0.29, 0.717) is 17.9 Å². The van der Waals surface area contributed by atoms with E-state index in [1.807, 2.05) is 6.07 Å². The van der Waals surface area contributed by atoms with Gasteiger partial charge in [0, 0.05) is 25.2 Å². The number of nitrogens with zero attached hydrogens (tertiary/aromatic N) is 3. The summed E-state index contributed by atoms with van der Waals surface area (Å²) < 4.78 is 25.2. The van der Waals surface area contributed by atoms with Gasteiger partial charge in [-0.2, -0.15) is 5.10 Å². The summed E-state index contributed by atoms with van der Waals surface area (Å²) in [7, 11) is -3.40. The lowest BCUT2D eigenvalue weighted by Gasteiger charge is -2.07. The maximum atomic E-state index is 12.0. The average Bonchev–Trinajstić information content (AvgIpc) is 3.08. The Hall–Kier alpha value is -3.20. The van der Waals surface area contributed by atoms with E-state index in [0.717, 1.165) is 11.8 Å². The molecule has 8 nitrogen and oxygen atoms in total. The lowest BCUT2D eigenvalue weighted by Crippen LogP contribution is -2.28. The number of aromatic nitrogens is 3. The van der Waals surface area contributed by atoms with Crippen LogP contribution in [0.5, 0.6) is 0 Å². The lowest BCUT2D eigenvalue weighted by atomic mass is 10.3. The first-order valence-corrected chi connectivity index (χ1v) is 9.60. The van der Waals surface area contributed by atoms with Gasteiger partial charge in [0.2, 0.25) is 0 Å². The Morgan fingerprint density at radius 1 is 1.15 bits per heavy atom. The molecule has 0 saturated carbocycles. The predicted molar refractivity (Wildman–Crippen MR) is 96.8 cm³/mol. The molecular weight excluding hydrogens is 354 g/mol. The van der Waals surface area contributed by atoms with Crippen molar-refractivity contribution in [3.05, 3.63) is 66.7 Å². The van der Waals surface area contributed by atoms with E-state index in [1.165, 1.54) is 16.9 Å². The molecule has 2 heterocycles. The molecule has 0 unspecified atom stereocenters. The van der Waals surface area contributed by atoms with Gasteiger partial charge in [0.05, 0.1) is 28.7 Å². The molecule has 3 aromatic rings. The molecule has 0 bridgehead atoms. The van der Waals surface area contributed by atoms with Gasteiger partial charge in [0.25, 0.3) is 0 Å². The molecule has 0 atom stereocenters. The monoisotopic (exact) mass is 371 g/mol. The molecule has 2 N–H and O–H groups in total. The molecule has 3 rings (SSSR count). The van der Waals surface area contributed by atoms with E-state index >= 15 is 0 Å². The number of amides is 2. The Morgan fingerprint density at radius 2 is 1.96 bits per heavy atom. The first-order chi connectivity index (χ1) is 12.4. The second kappa shape index (κ2) is 7.36. The zero-order valence-electron chi connectivity index (χ0n) is 14.0. The second-order valence-electron chi connectivity index (χ2n) is 5.58. The van der Waals surface area contributed by atoms with Crippen molar-refractivity contribution in [2.24, 2.45) is 0 Å². The molecule has 1 aromatic carbocycles. The van der Waals surface area contributed by atoms with Gasteiger partial charge in [-0.15, -0.1) is 0 Å². The molecule has 2 amide bonds. The summed E-state index contributed by atoms with van der Waals surface area (Å²) in [5.41, 5.74) is 1.73. The minimum Gasteiger partial charge on any atom is -0.334 e. The number of pyridine rings is 1. The number of hydrogen-bond acceptors (Lipinski definition) is 5. The minimum absolute atomic E-state index is 0.163. The molecule has 134 valence electrons. The highest BCUT2D eigenvalue weighted by molar-refractivity contribution is 7.90. The van der Waals surface area contributed by atoms with Crippen LogP contribution >= 0.6 is 0 Å². The molecule has 0 aliphatic carbocycles. The van der Waals surface area contributed by atoms with Crippen LogP contribution in [-0.4, -0.2) is 35.5 Å². The average molecular weight is 371 g/mol. The quantitative estimate of drug-likeness (QED) is 0.713. The second-order valence-corrected chi connectivity index (χ2v) is 7.57. The van der Waals surface area contributed by atoms with Crippen LogP contribution < -0.4 is 10.6 Å². The van der Waals surface area contributed by atoms with Gasteiger partial charge in [-0.25, -0.2) is 17.9 Å². The van der Waals surface area contributed by atoms with E-state index < -0.39 is 15.9 Å².